The molecule has 1 atom stereocenters. The highest BCUT2D eigenvalue weighted by Crippen LogP contribution is 2.36. The Morgan fingerprint density at radius 2 is 2.08 bits per heavy atom. The van der Waals surface area contributed by atoms with Crippen LogP contribution in [0, 0.1) is 5.92 Å². The molecule has 1 aromatic heterocycles. The first-order chi connectivity index (χ1) is 12.2. The lowest BCUT2D eigenvalue weighted by atomic mass is 10.1. The second-order valence-electron chi connectivity index (χ2n) is 5.82. The van der Waals surface area contributed by atoms with Crippen molar-refractivity contribution in [3.05, 3.63) is 36.2 Å². The van der Waals surface area contributed by atoms with Crippen LogP contribution in [-0.2, 0) is 20.9 Å². The largest absolute Gasteiger partial charge is 0.486 e. The van der Waals surface area contributed by atoms with Crippen molar-refractivity contribution in [2.24, 2.45) is 5.92 Å². The van der Waals surface area contributed by atoms with Crippen molar-refractivity contribution in [2.45, 2.75) is 13.0 Å². The van der Waals surface area contributed by atoms with Gasteiger partial charge in [0.05, 0.1) is 12.1 Å². The molecule has 0 aliphatic carbocycles. The van der Waals surface area contributed by atoms with Crippen molar-refractivity contribution >= 4 is 17.6 Å². The van der Waals surface area contributed by atoms with Crippen LogP contribution in [-0.4, -0.2) is 36.8 Å². The average Bonchev–Trinajstić information content (AvgIpc) is 3.29. The van der Waals surface area contributed by atoms with E-state index in [2.05, 4.69) is 5.16 Å². The molecular weight excluding hydrogens is 328 g/mol. The van der Waals surface area contributed by atoms with Gasteiger partial charge in [0.1, 0.15) is 13.2 Å². The molecule has 130 valence electrons. The van der Waals surface area contributed by atoms with E-state index in [4.69, 9.17) is 18.7 Å². The third-order valence-corrected chi connectivity index (χ3v) is 4.14. The summed E-state index contributed by atoms with van der Waals surface area (Å²) in [4.78, 5) is 26.1. The maximum atomic E-state index is 12.3. The number of ether oxygens (including phenoxy) is 3. The van der Waals surface area contributed by atoms with Crippen LogP contribution in [0.4, 0.5) is 5.69 Å². The molecule has 1 saturated heterocycles. The SMILES string of the molecule is O=C(OCc1ccno1)[C@H]1CC(=O)N(c2ccc3c(c2)OCCO3)C1. The number of carbonyl (C=O) groups excluding carboxylic acids is 2. The fourth-order valence-electron chi connectivity index (χ4n) is 2.89. The van der Waals surface area contributed by atoms with E-state index in [-0.39, 0.29) is 25.5 Å². The predicted molar refractivity (Wildman–Crippen MR) is 84.2 cm³/mol. The third-order valence-electron chi connectivity index (χ3n) is 4.14. The van der Waals surface area contributed by atoms with Crippen LogP contribution in [0.1, 0.15) is 12.2 Å². The van der Waals surface area contributed by atoms with Crippen LogP contribution in [0.25, 0.3) is 0 Å². The van der Waals surface area contributed by atoms with Crippen LogP contribution >= 0.6 is 0 Å². The number of nitrogens with zero attached hydrogens (tertiary/aromatic N) is 2. The molecule has 2 aliphatic rings. The number of hydrogen-bond donors (Lipinski definition) is 0. The van der Waals surface area contributed by atoms with Gasteiger partial charge >= 0.3 is 5.97 Å². The van der Waals surface area contributed by atoms with Gasteiger partial charge in [-0.15, -0.1) is 0 Å². The number of aromatic nitrogens is 1. The van der Waals surface area contributed by atoms with Crippen molar-refractivity contribution in [3.8, 4) is 11.5 Å². The summed E-state index contributed by atoms with van der Waals surface area (Å²) >= 11 is 0. The minimum atomic E-state index is -0.511. The molecule has 8 nitrogen and oxygen atoms in total. The average molecular weight is 344 g/mol. The Kier molecular flexibility index (Phi) is 4.01. The van der Waals surface area contributed by atoms with Crippen LogP contribution in [0.5, 0.6) is 11.5 Å². The highest BCUT2D eigenvalue weighted by atomic mass is 16.6. The molecule has 25 heavy (non-hydrogen) atoms. The molecule has 0 unspecified atom stereocenters. The summed E-state index contributed by atoms with van der Waals surface area (Å²) in [6.07, 6.45) is 1.59. The van der Waals surface area contributed by atoms with Gasteiger partial charge in [-0.05, 0) is 12.1 Å². The number of amides is 1. The zero-order chi connectivity index (χ0) is 17.2. The maximum absolute atomic E-state index is 12.3. The molecule has 1 aromatic carbocycles. The molecule has 0 N–H and O–H groups in total. The Bertz CT molecular complexity index is 788. The van der Waals surface area contributed by atoms with Crippen molar-refractivity contribution in [2.75, 3.05) is 24.7 Å². The van der Waals surface area contributed by atoms with Gasteiger partial charge in [0.2, 0.25) is 5.91 Å². The minimum Gasteiger partial charge on any atom is -0.486 e. The standard InChI is InChI=1S/C17H16N2O6/c20-16-7-11(17(21)24-10-13-3-4-18-25-13)9-19(16)12-1-2-14-15(8-12)23-6-5-22-14/h1-4,8,11H,5-7,9-10H2/t11-/m0/s1. The van der Waals surface area contributed by atoms with Crippen LogP contribution in [0.2, 0.25) is 0 Å². The zero-order valence-electron chi connectivity index (χ0n) is 13.3. The number of hydrogen-bond acceptors (Lipinski definition) is 7. The summed E-state index contributed by atoms with van der Waals surface area (Å²) in [6, 6.07) is 6.93. The fraction of sp³-hybridized carbons (Fsp3) is 0.353. The van der Waals surface area contributed by atoms with Gasteiger partial charge in [-0.3, -0.25) is 9.59 Å². The van der Waals surface area contributed by atoms with Gasteiger partial charge in [0.15, 0.2) is 23.9 Å². The molecular formula is C17H16N2O6. The number of esters is 1. The molecule has 0 radical (unpaired) electrons. The lowest BCUT2D eigenvalue weighted by Gasteiger charge is -2.22. The zero-order valence-corrected chi connectivity index (χ0v) is 13.3. The maximum Gasteiger partial charge on any atom is 0.311 e. The Hall–Kier alpha value is -3.03. The van der Waals surface area contributed by atoms with Gasteiger partial charge in [-0.1, -0.05) is 5.16 Å². The first kappa shape index (κ1) is 15.5. The summed E-state index contributed by atoms with van der Waals surface area (Å²) in [6.45, 7) is 1.26. The van der Waals surface area contributed by atoms with Gasteiger partial charge in [0, 0.05) is 30.8 Å². The van der Waals surface area contributed by atoms with Gasteiger partial charge in [-0.25, -0.2) is 0 Å². The highest BCUT2D eigenvalue weighted by Gasteiger charge is 2.36. The van der Waals surface area contributed by atoms with Crippen LogP contribution in [0.3, 0.4) is 0 Å². The summed E-state index contributed by atoms with van der Waals surface area (Å²) in [5.74, 6) is 0.658. The molecule has 0 saturated carbocycles. The van der Waals surface area contributed by atoms with E-state index in [0.29, 0.717) is 36.2 Å². The number of carbonyl (C=O) groups is 2. The van der Waals surface area contributed by atoms with Crippen molar-refractivity contribution in [1.82, 2.24) is 5.16 Å². The molecule has 4 rings (SSSR count). The molecule has 2 aliphatic heterocycles. The van der Waals surface area contributed by atoms with Crippen molar-refractivity contribution < 1.29 is 28.3 Å². The predicted octanol–water partition coefficient (Wildman–Crippen LogP) is 1.54. The van der Waals surface area contributed by atoms with Crippen LogP contribution in [0.15, 0.2) is 35.0 Å². The Morgan fingerprint density at radius 3 is 2.88 bits per heavy atom. The third kappa shape index (κ3) is 3.15. The van der Waals surface area contributed by atoms with E-state index in [1.165, 1.54) is 6.20 Å². The number of benzene rings is 1. The Balaban J connectivity index is 1.42. The summed E-state index contributed by atoms with van der Waals surface area (Å²) in [7, 11) is 0. The molecule has 0 spiro atoms. The number of fused-ring (bicyclic) bond motifs is 1. The van der Waals surface area contributed by atoms with Gasteiger partial charge < -0.3 is 23.6 Å². The van der Waals surface area contributed by atoms with Crippen molar-refractivity contribution in [1.29, 1.82) is 0 Å². The molecule has 1 fully saturated rings. The first-order valence-corrected chi connectivity index (χ1v) is 7.97. The second kappa shape index (κ2) is 6.46. The van der Waals surface area contributed by atoms with E-state index in [1.54, 1.807) is 29.2 Å². The topological polar surface area (TPSA) is 91.1 Å². The fourth-order valence-corrected chi connectivity index (χ4v) is 2.89. The summed E-state index contributed by atoms with van der Waals surface area (Å²) < 4.78 is 21.1. The highest BCUT2D eigenvalue weighted by molar-refractivity contribution is 5.99. The van der Waals surface area contributed by atoms with E-state index in [9.17, 15) is 9.59 Å². The lowest BCUT2D eigenvalue weighted by molar-refractivity contribution is -0.150. The van der Waals surface area contributed by atoms with Crippen LogP contribution < -0.4 is 14.4 Å². The van der Waals surface area contributed by atoms with E-state index < -0.39 is 11.9 Å². The second-order valence-corrected chi connectivity index (χ2v) is 5.82. The van der Waals surface area contributed by atoms with Crippen molar-refractivity contribution in [3.63, 3.8) is 0 Å². The Morgan fingerprint density at radius 1 is 1.24 bits per heavy atom. The van der Waals surface area contributed by atoms with Gasteiger partial charge in [0.25, 0.3) is 0 Å². The normalized spacial score (nSPS) is 19.1. The molecule has 2 aromatic rings. The van der Waals surface area contributed by atoms with E-state index >= 15 is 0 Å². The molecule has 1 amide bonds. The van der Waals surface area contributed by atoms with Gasteiger partial charge in [-0.2, -0.15) is 0 Å². The molecule has 8 heteroatoms. The minimum absolute atomic E-state index is 0.00749. The smallest absolute Gasteiger partial charge is 0.311 e. The molecule has 3 heterocycles. The van der Waals surface area contributed by atoms with E-state index in [1.807, 2.05) is 0 Å². The summed E-state index contributed by atoms with van der Waals surface area (Å²) in [5.41, 5.74) is 0.680. The number of rotatable bonds is 4. The number of anilines is 1. The molecule has 0 bridgehead atoms. The first-order valence-electron chi connectivity index (χ1n) is 7.97. The Labute approximate surface area is 143 Å². The quantitative estimate of drug-likeness (QED) is 0.777. The monoisotopic (exact) mass is 344 g/mol. The lowest BCUT2D eigenvalue weighted by Crippen LogP contribution is -2.26. The summed E-state index contributed by atoms with van der Waals surface area (Å²) in [5, 5.41) is 3.55. The van der Waals surface area contributed by atoms with E-state index in [0.717, 1.165) is 0 Å².